The van der Waals surface area contributed by atoms with E-state index in [1.54, 1.807) is 37.6 Å². The molecule has 2 aromatic carbocycles. The summed E-state index contributed by atoms with van der Waals surface area (Å²) in [5.41, 5.74) is 3.34. The third kappa shape index (κ3) is 4.37. The summed E-state index contributed by atoms with van der Waals surface area (Å²) in [7, 11) is 5.04. The second kappa shape index (κ2) is 9.36. The van der Waals surface area contributed by atoms with Crippen molar-refractivity contribution in [1.82, 2.24) is 4.98 Å². The maximum Gasteiger partial charge on any atom is 0.170 e. The number of benzene rings is 2. The van der Waals surface area contributed by atoms with Crippen molar-refractivity contribution in [2.45, 2.75) is 6.54 Å². The van der Waals surface area contributed by atoms with Gasteiger partial charge in [-0.3, -0.25) is 0 Å². The number of rotatable bonds is 7. The molecule has 6 nitrogen and oxygen atoms in total. The average molecular weight is 427 g/mol. The molecule has 30 heavy (non-hydrogen) atoms. The van der Waals surface area contributed by atoms with Gasteiger partial charge in [-0.1, -0.05) is 12.1 Å². The number of methoxy groups -OCH3 is 3. The van der Waals surface area contributed by atoms with Gasteiger partial charge >= 0.3 is 0 Å². The van der Waals surface area contributed by atoms with Gasteiger partial charge in [0.2, 0.25) is 0 Å². The number of quaternary nitrogens is 1. The lowest BCUT2D eigenvalue weighted by Crippen LogP contribution is -3.13. The Kier molecular flexibility index (Phi) is 6.40. The zero-order valence-electron chi connectivity index (χ0n) is 17.7. The van der Waals surface area contributed by atoms with Gasteiger partial charge in [0.05, 0.1) is 53.1 Å². The average Bonchev–Trinajstić information content (AvgIpc) is 3.27. The SMILES string of the molecule is COc1cccc(N2CC[NH+](Cc3csc(-c4cccc(OC)c4OC)n3)CC2)c1. The molecule has 0 spiro atoms. The molecule has 1 aliphatic heterocycles. The third-order valence-electron chi connectivity index (χ3n) is 5.51. The first-order chi connectivity index (χ1) is 14.7. The fourth-order valence-corrected chi connectivity index (χ4v) is 4.73. The van der Waals surface area contributed by atoms with E-state index in [1.165, 1.54) is 5.69 Å². The summed E-state index contributed by atoms with van der Waals surface area (Å²) in [5, 5.41) is 3.13. The van der Waals surface area contributed by atoms with Crippen LogP contribution in [0.5, 0.6) is 17.2 Å². The van der Waals surface area contributed by atoms with Crippen molar-refractivity contribution in [1.29, 1.82) is 0 Å². The molecule has 1 aliphatic rings. The van der Waals surface area contributed by atoms with Crippen molar-refractivity contribution >= 4 is 17.0 Å². The molecule has 4 rings (SSSR count). The Morgan fingerprint density at radius 1 is 1.00 bits per heavy atom. The van der Waals surface area contributed by atoms with Crippen molar-refractivity contribution in [3.8, 4) is 27.8 Å². The van der Waals surface area contributed by atoms with Gasteiger partial charge in [-0.05, 0) is 24.3 Å². The standard InChI is InChI=1S/C23H27N3O3S/c1-27-19-7-4-6-18(14-19)26-12-10-25(11-13-26)15-17-16-30-23(24-17)20-8-5-9-21(28-2)22(20)29-3/h4-9,14,16H,10-13,15H2,1-3H3/p+1. The van der Waals surface area contributed by atoms with E-state index in [1.807, 2.05) is 24.3 Å². The first-order valence-electron chi connectivity index (χ1n) is 10.1. The van der Waals surface area contributed by atoms with Gasteiger partial charge in [0, 0.05) is 17.1 Å². The molecule has 7 heteroatoms. The summed E-state index contributed by atoms with van der Waals surface area (Å²) >= 11 is 1.66. The first-order valence-corrected chi connectivity index (χ1v) is 11.0. The Hall–Kier alpha value is -2.77. The lowest BCUT2D eigenvalue weighted by atomic mass is 10.2. The van der Waals surface area contributed by atoms with E-state index in [-0.39, 0.29) is 0 Å². The maximum absolute atomic E-state index is 5.57. The molecule has 1 fully saturated rings. The van der Waals surface area contributed by atoms with E-state index < -0.39 is 0 Å². The van der Waals surface area contributed by atoms with Gasteiger partial charge in [0.25, 0.3) is 0 Å². The smallest absolute Gasteiger partial charge is 0.170 e. The number of ether oxygens (including phenoxy) is 3. The second-order valence-electron chi connectivity index (χ2n) is 7.30. The molecule has 0 unspecified atom stereocenters. The fourth-order valence-electron chi connectivity index (χ4n) is 3.89. The van der Waals surface area contributed by atoms with Crippen LogP contribution in [0, 0.1) is 0 Å². The van der Waals surface area contributed by atoms with Gasteiger partial charge in [0.1, 0.15) is 23.0 Å². The van der Waals surface area contributed by atoms with Crippen LogP contribution in [-0.2, 0) is 6.54 Å². The van der Waals surface area contributed by atoms with Crippen LogP contribution in [0.4, 0.5) is 5.69 Å². The third-order valence-corrected chi connectivity index (χ3v) is 6.43. The van der Waals surface area contributed by atoms with Gasteiger partial charge < -0.3 is 24.0 Å². The molecule has 0 atom stereocenters. The highest BCUT2D eigenvalue weighted by molar-refractivity contribution is 7.13. The Bertz CT molecular complexity index is 983. The summed E-state index contributed by atoms with van der Waals surface area (Å²) < 4.78 is 16.4. The lowest BCUT2D eigenvalue weighted by Gasteiger charge is -2.33. The summed E-state index contributed by atoms with van der Waals surface area (Å²) in [6, 6.07) is 14.2. The monoisotopic (exact) mass is 426 g/mol. The lowest BCUT2D eigenvalue weighted by molar-refractivity contribution is -0.914. The molecule has 2 heterocycles. The van der Waals surface area contributed by atoms with Crippen molar-refractivity contribution in [2.75, 3.05) is 52.4 Å². The predicted octanol–water partition coefficient (Wildman–Crippen LogP) is 2.74. The number of nitrogens with one attached hydrogen (secondary N) is 1. The highest BCUT2D eigenvalue weighted by atomic mass is 32.1. The van der Waals surface area contributed by atoms with Crippen molar-refractivity contribution in [3.63, 3.8) is 0 Å². The van der Waals surface area contributed by atoms with E-state index in [9.17, 15) is 0 Å². The molecule has 3 aromatic rings. The summed E-state index contributed by atoms with van der Waals surface area (Å²) in [6.07, 6.45) is 0. The zero-order valence-corrected chi connectivity index (χ0v) is 18.5. The van der Waals surface area contributed by atoms with Crippen molar-refractivity contribution < 1.29 is 19.1 Å². The Balaban J connectivity index is 1.40. The Morgan fingerprint density at radius 2 is 1.80 bits per heavy atom. The van der Waals surface area contributed by atoms with Gasteiger partial charge in [-0.15, -0.1) is 11.3 Å². The van der Waals surface area contributed by atoms with E-state index in [4.69, 9.17) is 19.2 Å². The second-order valence-corrected chi connectivity index (χ2v) is 8.16. The maximum atomic E-state index is 5.57. The number of hydrogen-bond acceptors (Lipinski definition) is 6. The minimum atomic E-state index is 0.728. The summed E-state index contributed by atoms with van der Waals surface area (Å²) in [6.45, 7) is 5.18. The number of aromatic nitrogens is 1. The minimum Gasteiger partial charge on any atom is -0.497 e. The van der Waals surface area contributed by atoms with Crippen LogP contribution in [0.1, 0.15) is 5.69 Å². The number of hydrogen-bond donors (Lipinski definition) is 1. The van der Waals surface area contributed by atoms with Crippen LogP contribution in [0.25, 0.3) is 10.6 Å². The molecule has 0 aliphatic carbocycles. The minimum absolute atomic E-state index is 0.728. The molecule has 0 amide bonds. The van der Waals surface area contributed by atoms with Crippen molar-refractivity contribution in [2.24, 2.45) is 0 Å². The van der Waals surface area contributed by atoms with Gasteiger partial charge in [-0.25, -0.2) is 4.98 Å². The van der Waals surface area contributed by atoms with Gasteiger partial charge in [-0.2, -0.15) is 0 Å². The number of thiazole rings is 1. The molecule has 1 saturated heterocycles. The normalized spacial score (nSPS) is 14.6. The van der Waals surface area contributed by atoms with Crippen LogP contribution < -0.4 is 24.0 Å². The highest BCUT2D eigenvalue weighted by Crippen LogP contribution is 2.38. The summed E-state index contributed by atoms with van der Waals surface area (Å²) in [5.74, 6) is 2.37. The Morgan fingerprint density at radius 3 is 2.53 bits per heavy atom. The topological polar surface area (TPSA) is 48.3 Å². The van der Waals surface area contributed by atoms with Crippen molar-refractivity contribution in [3.05, 3.63) is 53.5 Å². The number of piperazine rings is 1. The largest absolute Gasteiger partial charge is 0.497 e. The molecular weight excluding hydrogens is 398 g/mol. The molecule has 158 valence electrons. The molecule has 0 bridgehead atoms. The quantitative estimate of drug-likeness (QED) is 0.630. The molecule has 1 aromatic heterocycles. The number of anilines is 1. The van der Waals surface area contributed by atoms with Crippen LogP contribution in [0.15, 0.2) is 47.8 Å². The van der Waals surface area contributed by atoms with Crippen LogP contribution in [0.3, 0.4) is 0 Å². The summed E-state index contributed by atoms with van der Waals surface area (Å²) in [4.78, 5) is 8.88. The fraction of sp³-hybridized carbons (Fsp3) is 0.348. The first kappa shape index (κ1) is 20.5. The van der Waals surface area contributed by atoms with E-state index >= 15 is 0 Å². The van der Waals surface area contributed by atoms with Crippen LogP contribution in [-0.4, -0.2) is 52.5 Å². The van der Waals surface area contributed by atoms with E-state index in [0.29, 0.717) is 0 Å². The van der Waals surface area contributed by atoms with Crippen LogP contribution >= 0.6 is 11.3 Å². The number of para-hydroxylation sites is 1. The molecular formula is C23H28N3O3S+. The molecule has 0 saturated carbocycles. The van der Waals surface area contributed by atoms with Crippen LogP contribution in [0.2, 0.25) is 0 Å². The van der Waals surface area contributed by atoms with E-state index in [2.05, 4.69) is 28.5 Å². The highest BCUT2D eigenvalue weighted by Gasteiger charge is 2.22. The molecule has 1 N–H and O–H groups in total. The number of nitrogens with zero attached hydrogens (tertiary/aromatic N) is 2. The molecule has 0 radical (unpaired) electrons. The zero-order chi connectivity index (χ0) is 20.9. The predicted molar refractivity (Wildman–Crippen MR) is 120 cm³/mol. The van der Waals surface area contributed by atoms with Gasteiger partial charge in [0.15, 0.2) is 11.5 Å². The Labute approximate surface area is 181 Å². The van der Waals surface area contributed by atoms with E-state index in [0.717, 1.165) is 66.2 Å².